The van der Waals surface area contributed by atoms with Gasteiger partial charge in [0.15, 0.2) is 0 Å². The van der Waals surface area contributed by atoms with Crippen LogP contribution in [-0.2, 0) is 11.3 Å². The lowest BCUT2D eigenvalue weighted by atomic mass is 10.1. The van der Waals surface area contributed by atoms with Gasteiger partial charge in [0.2, 0.25) is 0 Å². The lowest BCUT2D eigenvalue weighted by molar-refractivity contribution is -0.402. The summed E-state index contributed by atoms with van der Waals surface area (Å²) < 4.78 is 10.3. The maximum atomic E-state index is 12.4. The van der Waals surface area contributed by atoms with Crippen LogP contribution in [0.4, 0.5) is 11.6 Å². The number of amides is 1. The molecule has 0 unspecified atom stereocenters. The summed E-state index contributed by atoms with van der Waals surface area (Å²) in [6.45, 7) is 4.55. The number of carbonyl (C=O) groups is 2. The molecule has 3 heterocycles. The molecular weight excluding hydrogens is 406 g/mol. The summed E-state index contributed by atoms with van der Waals surface area (Å²) >= 11 is 0. The molecule has 2 aromatic rings. The van der Waals surface area contributed by atoms with Crippen LogP contribution in [0.1, 0.15) is 16.1 Å². The molecule has 11 nitrogen and oxygen atoms in total. The zero-order valence-electron chi connectivity index (χ0n) is 17.1. The molecule has 0 aliphatic carbocycles. The van der Waals surface area contributed by atoms with E-state index in [4.69, 9.17) is 9.15 Å². The fraction of sp³-hybridized carbons (Fsp3) is 0.400. The molecule has 1 aromatic carbocycles. The first-order valence-electron chi connectivity index (χ1n) is 9.94. The number of benzene rings is 1. The molecule has 2 aliphatic rings. The van der Waals surface area contributed by atoms with Gasteiger partial charge in [-0.1, -0.05) is 0 Å². The number of furan rings is 1. The summed E-state index contributed by atoms with van der Waals surface area (Å²) in [7, 11) is 1.52. The van der Waals surface area contributed by atoms with E-state index in [1.54, 1.807) is 24.3 Å². The maximum absolute atomic E-state index is 12.4. The van der Waals surface area contributed by atoms with Crippen LogP contribution in [-0.4, -0.2) is 72.9 Å². The minimum Gasteiger partial charge on any atom is -0.497 e. The Kier molecular flexibility index (Phi) is 5.98. The number of ketones is 1. The highest BCUT2D eigenvalue weighted by Crippen LogP contribution is 2.31. The Hall–Kier alpha value is -3.28. The van der Waals surface area contributed by atoms with Gasteiger partial charge >= 0.3 is 5.88 Å². The molecule has 1 amide bonds. The first-order chi connectivity index (χ1) is 15.0. The second-order valence-electron chi connectivity index (χ2n) is 7.33. The van der Waals surface area contributed by atoms with Crippen LogP contribution in [0.5, 0.6) is 5.75 Å². The molecule has 1 aromatic heterocycles. The summed E-state index contributed by atoms with van der Waals surface area (Å²) in [4.78, 5) is 38.6. The van der Waals surface area contributed by atoms with E-state index in [-0.39, 0.29) is 5.88 Å². The smallest absolute Gasteiger partial charge is 0.433 e. The average molecular weight is 429 g/mol. The van der Waals surface area contributed by atoms with E-state index in [0.717, 1.165) is 26.2 Å². The highest BCUT2D eigenvalue weighted by atomic mass is 16.6. The van der Waals surface area contributed by atoms with E-state index < -0.39 is 16.6 Å². The van der Waals surface area contributed by atoms with Crippen molar-refractivity contribution in [2.45, 2.75) is 6.54 Å². The lowest BCUT2D eigenvalue weighted by Crippen LogP contribution is -2.53. The Morgan fingerprint density at radius 3 is 2.58 bits per heavy atom. The highest BCUT2D eigenvalue weighted by molar-refractivity contribution is 6.52. The molecule has 0 bridgehead atoms. The maximum Gasteiger partial charge on any atom is 0.433 e. The standard InChI is InChI=1S/C20H23N5O6/c1-30-14-2-4-17-16(12-14)19(26)20(27)24(17)11-8-22-6-9-23(10-7-22)21-13-15-3-5-18(31-15)25(28)29/h2-5,12,21H,6-11,13H2,1H3. The average Bonchev–Trinajstić information content (AvgIpc) is 3.35. The number of rotatable bonds is 8. The predicted octanol–water partition coefficient (Wildman–Crippen LogP) is 1.05. The number of Topliss-reactive ketones (excluding diaryl/α,β-unsaturated/α-hetero) is 1. The molecule has 31 heavy (non-hydrogen) atoms. The molecule has 0 radical (unpaired) electrons. The summed E-state index contributed by atoms with van der Waals surface area (Å²) in [6.07, 6.45) is 0. The second kappa shape index (κ2) is 8.84. The number of nitrogens with one attached hydrogen (secondary N) is 1. The molecule has 164 valence electrons. The first kappa shape index (κ1) is 21.0. The van der Waals surface area contributed by atoms with Crippen molar-refractivity contribution in [2.75, 3.05) is 51.3 Å². The largest absolute Gasteiger partial charge is 0.497 e. The molecule has 1 saturated heterocycles. The van der Waals surface area contributed by atoms with E-state index in [9.17, 15) is 19.7 Å². The van der Waals surface area contributed by atoms with E-state index in [0.29, 0.717) is 42.4 Å². The molecule has 1 N–H and O–H groups in total. The molecule has 2 aliphatic heterocycles. The topological polar surface area (TPSA) is 121 Å². The van der Waals surface area contributed by atoms with Gasteiger partial charge in [0.25, 0.3) is 11.7 Å². The Bertz CT molecular complexity index is 998. The van der Waals surface area contributed by atoms with Crippen LogP contribution in [0.2, 0.25) is 0 Å². The van der Waals surface area contributed by atoms with Crippen molar-refractivity contribution >= 4 is 23.3 Å². The summed E-state index contributed by atoms with van der Waals surface area (Å²) in [5.74, 6) is -0.218. The number of carbonyl (C=O) groups excluding carboxylic acids is 2. The number of nitro groups is 1. The Balaban J connectivity index is 1.25. The van der Waals surface area contributed by atoms with Gasteiger partial charge in [-0.05, 0) is 24.3 Å². The zero-order chi connectivity index (χ0) is 22.0. The number of ether oxygens (including phenoxy) is 1. The Morgan fingerprint density at radius 1 is 1.13 bits per heavy atom. The number of methoxy groups -OCH3 is 1. The van der Waals surface area contributed by atoms with Crippen LogP contribution in [0.3, 0.4) is 0 Å². The fourth-order valence-corrected chi connectivity index (χ4v) is 3.75. The molecule has 0 atom stereocenters. The van der Waals surface area contributed by atoms with Crippen molar-refractivity contribution in [3.8, 4) is 5.75 Å². The molecule has 4 rings (SSSR count). The first-order valence-corrected chi connectivity index (χ1v) is 9.94. The number of piperazine rings is 1. The van der Waals surface area contributed by atoms with Crippen molar-refractivity contribution in [2.24, 2.45) is 0 Å². The third-order valence-electron chi connectivity index (χ3n) is 5.49. The van der Waals surface area contributed by atoms with Crippen molar-refractivity contribution in [3.63, 3.8) is 0 Å². The van der Waals surface area contributed by atoms with Crippen LogP contribution >= 0.6 is 0 Å². The predicted molar refractivity (Wildman–Crippen MR) is 110 cm³/mol. The number of hydrazine groups is 1. The third-order valence-corrected chi connectivity index (χ3v) is 5.49. The molecule has 0 spiro atoms. The van der Waals surface area contributed by atoms with Gasteiger partial charge in [-0.25, -0.2) is 10.4 Å². The lowest BCUT2D eigenvalue weighted by Gasteiger charge is -2.35. The van der Waals surface area contributed by atoms with Crippen molar-refractivity contribution in [3.05, 3.63) is 51.8 Å². The second-order valence-corrected chi connectivity index (χ2v) is 7.33. The van der Waals surface area contributed by atoms with Gasteiger partial charge in [0, 0.05) is 39.3 Å². The number of nitrogens with zero attached hydrogens (tertiary/aromatic N) is 4. The number of hydrogen-bond acceptors (Lipinski definition) is 9. The minimum absolute atomic E-state index is 0.267. The van der Waals surface area contributed by atoms with E-state index in [1.165, 1.54) is 18.1 Å². The van der Waals surface area contributed by atoms with Crippen molar-refractivity contribution < 1.29 is 23.7 Å². The summed E-state index contributed by atoms with van der Waals surface area (Å²) in [5, 5.41) is 12.7. The van der Waals surface area contributed by atoms with Gasteiger partial charge in [0.1, 0.15) is 16.4 Å². The van der Waals surface area contributed by atoms with E-state index in [2.05, 4.69) is 10.3 Å². The number of anilines is 1. The van der Waals surface area contributed by atoms with Crippen molar-refractivity contribution in [1.82, 2.24) is 15.3 Å². The SMILES string of the molecule is COc1ccc2c(c1)C(=O)C(=O)N2CCN1CCN(NCc2ccc([N+](=O)[O-])o2)CC1. The molecular formula is C20H23N5O6. The summed E-state index contributed by atoms with van der Waals surface area (Å²) in [6, 6.07) is 8.03. The Labute approximate surface area is 178 Å². The van der Waals surface area contributed by atoms with Crippen LogP contribution in [0, 0.1) is 10.1 Å². The Morgan fingerprint density at radius 2 is 1.90 bits per heavy atom. The van der Waals surface area contributed by atoms with Crippen LogP contribution in [0.25, 0.3) is 0 Å². The quantitative estimate of drug-likeness (QED) is 0.373. The van der Waals surface area contributed by atoms with Gasteiger partial charge in [-0.2, -0.15) is 0 Å². The zero-order valence-corrected chi connectivity index (χ0v) is 17.1. The van der Waals surface area contributed by atoms with Gasteiger partial charge in [-0.15, -0.1) is 0 Å². The van der Waals surface area contributed by atoms with Gasteiger partial charge in [-0.3, -0.25) is 24.6 Å². The molecule has 1 fully saturated rings. The van der Waals surface area contributed by atoms with Gasteiger partial charge < -0.3 is 14.1 Å². The highest BCUT2D eigenvalue weighted by Gasteiger charge is 2.36. The van der Waals surface area contributed by atoms with E-state index >= 15 is 0 Å². The normalized spacial score (nSPS) is 17.3. The molecule has 0 saturated carbocycles. The monoisotopic (exact) mass is 429 g/mol. The van der Waals surface area contributed by atoms with Crippen molar-refractivity contribution in [1.29, 1.82) is 0 Å². The summed E-state index contributed by atoms with van der Waals surface area (Å²) in [5.41, 5.74) is 4.23. The van der Waals surface area contributed by atoms with E-state index in [1.807, 2.05) is 5.01 Å². The minimum atomic E-state index is -0.560. The van der Waals surface area contributed by atoms with Gasteiger partial charge in [0.05, 0.1) is 31.0 Å². The number of hydrogen-bond donors (Lipinski definition) is 1. The molecule has 11 heteroatoms. The van der Waals surface area contributed by atoms with Crippen LogP contribution in [0.15, 0.2) is 34.7 Å². The number of fused-ring (bicyclic) bond motifs is 1. The fourth-order valence-electron chi connectivity index (χ4n) is 3.75. The van der Waals surface area contributed by atoms with Crippen LogP contribution < -0.4 is 15.1 Å². The third kappa shape index (κ3) is 4.43.